The van der Waals surface area contributed by atoms with Crippen molar-refractivity contribution in [1.29, 1.82) is 0 Å². The number of nitrogens with one attached hydrogen (secondary N) is 1. The fraction of sp³-hybridized carbons (Fsp3) is 0.844. The fourth-order valence-corrected chi connectivity index (χ4v) is 6.97. The molecular formula is C45H87N2O6P. The standard InChI is InChI=1S/C45H87N2O6P/c1-6-8-10-12-14-16-17-18-19-20-21-22-23-24-25-26-27-28-29-31-32-34-36-38-44(48)43(42-53-54(50,51)52-41-40-47(3,4)5)46-45(49)39-37-35-33-30-15-13-11-9-7-2/h25-26,29,31,36,38,43-44,48H,6-24,27-28,30,32-35,37,39-42H2,1-5H3,(H-,46,49,50,51)/b26-25+,31-29+,38-36+. The van der Waals surface area contributed by atoms with Crippen LogP contribution in [0.3, 0.4) is 0 Å². The molecule has 0 aliphatic carbocycles. The molecule has 0 aromatic carbocycles. The summed E-state index contributed by atoms with van der Waals surface area (Å²) in [6, 6.07) is -0.904. The third-order valence-corrected chi connectivity index (χ3v) is 10.8. The predicted octanol–water partition coefficient (Wildman–Crippen LogP) is 11.7. The SMILES string of the molecule is CCCCCCCCCCCCCCC/C=C/CC/C=C/CC/C=C/C(O)C(COP(=O)([O-])OCC[N+](C)(C)C)NC(=O)CCCCCCCCCCC. The van der Waals surface area contributed by atoms with Gasteiger partial charge in [0.15, 0.2) is 0 Å². The molecular weight excluding hydrogens is 695 g/mol. The number of aliphatic hydroxyl groups excluding tert-OH is 1. The van der Waals surface area contributed by atoms with E-state index in [2.05, 4.69) is 43.5 Å². The van der Waals surface area contributed by atoms with Gasteiger partial charge < -0.3 is 28.8 Å². The highest BCUT2D eigenvalue weighted by Gasteiger charge is 2.23. The lowest BCUT2D eigenvalue weighted by atomic mass is 10.0. The first-order chi connectivity index (χ1) is 26.0. The van der Waals surface area contributed by atoms with Gasteiger partial charge in [-0.3, -0.25) is 9.36 Å². The Hall–Kier alpha value is -1.28. The second-order valence-electron chi connectivity index (χ2n) is 16.4. The first kappa shape index (κ1) is 52.7. The second kappa shape index (κ2) is 37.3. The van der Waals surface area contributed by atoms with E-state index in [1.165, 1.54) is 128 Å². The lowest BCUT2D eigenvalue weighted by molar-refractivity contribution is -0.870. The van der Waals surface area contributed by atoms with Crippen molar-refractivity contribution in [3.63, 3.8) is 0 Å². The number of amides is 1. The number of allylic oxidation sites excluding steroid dienone is 5. The van der Waals surface area contributed by atoms with Crippen molar-refractivity contribution in [3.8, 4) is 0 Å². The molecule has 9 heteroatoms. The van der Waals surface area contributed by atoms with Gasteiger partial charge in [-0.05, 0) is 44.9 Å². The lowest BCUT2D eigenvalue weighted by Gasteiger charge is -2.29. The molecule has 8 nitrogen and oxygen atoms in total. The molecule has 0 aromatic rings. The minimum absolute atomic E-state index is 0.00826. The molecule has 3 atom stereocenters. The number of likely N-dealkylation sites (N-methyl/N-ethyl adjacent to an activating group) is 1. The van der Waals surface area contributed by atoms with Gasteiger partial charge in [-0.25, -0.2) is 0 Å². The Morgan fingerprint density at radius 3 is 1.50 bits per heavy atom. The van der Waals surface area contributed by atoms with Crippen molar-refractivity contribution >= 4 is 13.7 Å². The Bertz CT molecular complexity index is 980. The van der Waals surface area contributed by atoms with Gasteiger partial charge in [0.2, 0.25) is 5.91 Å². The molecule has 318 valence electrons. The number of aliphatic hydroxyl groups is 1. The molecule has 0 bridgehead atoms. The van der Waals surface area contributed by atoms with E-state index in [1.54, 1.807) is 6.08 Å². The van der Waals surface area contributed by atoms with Gasteiger partial charge >= 0.3 is 0 Å². The number of phosphoric ester groups is 1. The van der Waals surface area contributed by atoms with Gasteiger partial charge in [0.25, 0.3) is 7.82 Å². The van der Waals surface area contributed by atoms with Crippen molar-refractivity contribution < 1.29 is 32.9 Å². The molecule has 0 spiro atoms. The van der Waals surface area contributed by atoms with Crippen molar-refractivity contribution in [3.05, 3.63) is 36.5 Å². The van der Waals surface area contributed by atoms with Gasteiger partial charge in [-0.15, -0.1) is 0 Å². The quantitative estimate of drug-likeness (QED) is 0.0277. The van der Waals surface area contributed by atoms with Crippen LogP contribution in [-0.4, -0.2) is 68.5 Å². The van der Waals surface area contributed by atoms with Crippen LogP contribution in [0.4, 0.5) is 0 Å². The van der Waals surface area contributed by atoms with Gasteiger partial charge in [0.05, 0.1) is 39.9 Å². The van der Waals surface area contributed by atoms with Crippen molar-refractivity contribution in [2.24, 2.45) is 0 Å². The minimum Gasteiger partial charge on any atom is -0.756 e. The summed E-state index contributed by atoms with van der Waals surface area (Å²) in [4.78, 5) is 25.2. The third kappa shape index (κ3) is 39.0. The first-order valence-electron chi connectivity index (χ1n) is 22.4. The van der Waals surface area contributed by atoms with E-state index in [9.17, 15) is 19.4 Å². The van der Waals surface area contributed by atoms with Crippen LogP contribution in [0.5, 0.6) is 0 Å². The van der Waals surface area contributed by atoms with Gasteiger partial charge in [0, 0.05) is 6.42 Å². The van der Waals surface area contributed by atoms with Crippen LogP contribution in [0.15, 0.2) is 36.5 Å². The van der Waals surface area contributed by atoms with Crippen molar-refractivity contribution in [1.82, 2.24) is 5.32 Å². The molecule has 0 rings (SSSR count). The van der Waals surface area contributed by atoms with E-state index in [-0.39, 0.29) is 12.5 Å². The first-order valence-corrected chi connectivity index (χ1v) is 23.8. The number of hydrogen-bond acceptors (Lipinski definition) is 6. The molecule has 0 aliphatic rings. The Kier molecular flexibility index (Phi) is 36.4. The number of hydrogen-bond donors (Lipinski definition) is 2. The molecule has 3 unspecified atom stereocenters. The summed E-state index contributed by atoms with van der Waals surface area (Å²) in [5.41, 5.74) is 0. The Morgan fingerprint density at radius 1 is 0.630 bits per heavy atom. The van der Waals surface area contributed by atoms with Gasteiger partial charge in [0.1, 0.15) is 13.2 Å². The van der Waals surface area contributed by atoms with E-state index in [0.717, 1.165) is 44.9 Å². The lowest BCUT2D eigenvalue weighted by Crippen LogP contribution is -2.45. The average molecular weight is 783 g/mol. The van der Waals surface area contributed by atoms with Crippen LogP contribution in [0.2, 0.25) is 0 Å². The molecule has 0 saturated carbocycles. The Balaban J connectivity index is 4.38. The number of rotatable bonds is 40. The molecule has 0 heterocycles. The van der Waals surface area contributed by atoms with E-state index in [4.69, 9.17) is 9.05 Å². The third-order valence-electron chi connectivity index (χ3n) is 9.83. The molecule has 0 aromatic heterocycles. The van der Waals surface area contributed by atoms with E-state index in [1.807, 2.05) is 27.2 Å². The Labute approximate surface area is 334 Å². The molecule has 54 heavy (non-hydrogen) atoms. The highest BCUT2D eigenvalue weighted by Crippen LogP contribution is 2.38. The molecule has 0 aliphatic heterocycles. The maximum absolute atomic E-state index is 12.8. The van der Waals surface area contributed by atoms with Crippen LogP contribution in [0.1, 0.15) is 194 Å². The number of quaternary nitrogens is 1. The van der Waals surface area contributed by atoms with Crippen LogP contribution in [-0.2, 0) is 18.4 Å². The Morgan fingerprint density at radius 2 is 1.04 bits per heavy atom. The second-order valence-corrected chi connectivity index (χ2v) is 17.8. The summed E-state index contributed by atoms with van der Waals surface area (Å²) >= 11 is 0. The smallest absolute Gasteiger partial charge is 0.268 e. The summed E-state index contributed by atoms with van der Waals surface area (Å²) in [5, 5.41) is 13.7. The summed E-state index contributed by atoms with van der Waals surface area (Å²) in [6.45, 7) is 4.59. The van der Waals surface area contributed by atoms with Crippen LogP contribution < -0.4 is 10.2 Å². The molecule has 0 saturated heterocycles. The number of phosphoric acid groups is 1. The average Bonchev–Trinajstić information content (AvgIpc) is 3.12. The largest absolute Gasteiger partial charge is 0.756 e. The zero-order chi connectivity index (χ0) is 40.0. The number of carbonyl (C=O) groups is 1. The van der Waals surface area contributed by atoms with E-state index < -0.39 is 26.6 Å². The molecule has 0 fully saturated rings. The monoisotopic (exact) mass is 783 g/mol. The molecule has 2 N–H and O–H groups in total. The number of carbonyl (C=O) groups excluding carboxylic acids is 1. The normalized spacial score (nSPS) is 14.7. The summed E-state index contributed by atoms with van der Waals surface area (Å²) in [5.74, 6) is -0.216. The topological polar surface area (TPSA) is 108 Å². The van der Waals surface area contributed by atoms with Crippen molar-refractivity contribution in [2.75, 3.05) is 40.9 Å². The van der Waals surface area contributed by atoms with Gasteiger partial charge in [-0.1, -0.05) is 179 Å². The summed E-state index contributed by atoms with van der Waals surface area (Å²) < 4.78 is 23.1. The van der Waals surface area contributed by atoms with E-state index >= 15 is 0 Å². The predicted molar refractivity (Wildman–Crippen MR) is 228 cm³/mol. The van der Waals surface area contributed by atoms with E-state index in [0.29, 0.717) is 17.4 Å². The summed E-state index contributed by atoms with van der Waals surface area (Å²) in [7, 11) is 1.23. The zero-order valence-electron chi connectivity index (χ0n) is 35.9. The van der Waals surface area contributed by atoms with Crippen LogP contribution in [0.25, 0.3) is 0 Å². The minimum atomic E-state index is -4.59. The fourth-order valence-electron chi connectivity index (χ4n) is 6.24. The number of unbranched alkanes of at least 4 members (excludes halogenated alkanes) is 23. The molecule has 1 amide bonds. The highest BCUT2D eigenvalue weighted by molar-refractivity contribution is 7.45. The highest BCUT2D eigenvalue weighted by atomic mass is 31.2. The summed E-state index contributed by atoms with van der Waals surface area (Å²) in [6.07, 6.45) is 45.0. The number of nitrogens with zero attached hydrogens (tertiary/aromatic N) is 1. The maximum atomic E-state index is 12.8. The zero-order valence-corrected chi connectivity index (χ0v) is 36.8. The van der Waals surface area contributed by atoms with Gasteiger partial charge in [-0.2, -0.15) is 0 Å². The van der Waals surface area contributed by atoms with Crippen LogP contribution in [0, 0.1) is 0 Å². The maximum Gasteiger partial charge on any atom is 0.268 e. The molecule has 0 radical (unpaired) electrons. The van der Waals surface area contributed by atoms with Crippen LogP contribution >= 0.6 is 7.82 Å². The van der Waals surface area contributed by atoms with Crippen molar-refractivity contribution in [2.45, 2.75) is 206 Å².